The zero-order chi connectivity index (χ0) is 12.0. The topological polar surface area (TPSA) is 95.6 Å². The Morgan fingerprint density at radius 1 is 1.25 bits per heavy atom. The van der Waals surface area contributed by atoms with Gasteiger partial charge in [0.1, 0.15) is 6.04 Å². The molecule has 0 heterocycles. The first kappa shape index (κ1) is 12.6. The van der Waals surface area contributed by atoms with Crippen molar-refractivity contribution in [3.05, 3.63) is 35.9 Å². The predicted molar refractivity (Wildman–Crippen MR) is 59.5 cm³/mol. The van der Waals surface area contributed by atoms with Gasteiger partial charge in [0.25, 0.3) is 0 Å². The number of nitrogens with one attached hydrogen (secondary N) is 1. The second kappa shape index (κ2) is 6.22. The average Bonchev–Trinajstić information content (AvgIpc) is 2.35. The van der Waals surface area contributed by atoms with Gasteiger partial charge in [0.2, 0.25) is 5.91 Å². The van der Waals surface area contributed by atoms with Crippen molar-refractivity contribution >= 4 is 5.91 Å². The van der Waals surface area contributed by atoms with Gasteiger partial charge in [-0.05, 0) is 5.56 Å². The van der Waals surface area contributed by atoms with E-state index in [0.29, 0.717) is 5.56 Å². The molecule has 1 atom stereocenters. The van der Waals surface area contributed by atoms with Gasteiger partial charge in [-0.15, -0.1) is 0 Å². The van der Waals surface area contributed by atoms with Crippen LogP contribution in [0.15, 0.2) is 30.3 Å². The number of benzene rings is 1. The zero-order valence-electron chi connectivity index (χ0n) is 8.84. The molecule has 0 bridgehead atoms. The van der Waals surface area contributed by atoms with Gasteiger partial charge >= 0.3 is 0 Å². The van der Waals surface area contributed by atoms with Crippen LogP contribution in [0.2, 0.25) is 0 Å². The van der Waals surface area contributed by atoms with Gasteiger partial charge in [-0.2, -0.15) is 0 Å². The Bertz CT molecular complexity index is 325. The highest BCUT2D eigenvalue weighted by Crippen LogP contribution is 2.09. The Kier molecular flexibility index (Phi) is 4.91. The number of hydrogen-bond acceptors (Lipinski definition) is 4. The highest BCUT2D eigenvalue weighted by atomic mass is 16.3. The van der Waals surface area contributed by atoms with E-state index in [1.54, 1.807) is 24.3 Å². The summed E-state index contributed by atoms with van der Waals surface area (Å²) in [7, 11) is 0. The molecule has 0 saturated carbocycles. The normalized spacial score (nSPS) is 12.5. The number of aliphatic hydroxyl groups excluding tert-OH is 2. The largest absolute Gasteiger partial charge is 0.394 e. The van der Waals surface area contributed by atoms with Gasteiger partial charge in [0.05, 0.1) is 19.3 Å². The van der Waals surface area contributed by atoms with Gasteiger partial charge in [0.15, 0.2) is 0 Å². The molecule has 0 fully saturated rings. The molecule has 5 N–H and O–H groups in total. The van der Waals surface area contributed by atoms with Gasteiger partial charge in [-0.1, -0.05) is 30.3 Å². The summed E-state index contributed by atoms with van der Waals surface area (Å²) in [4.78, 5) is 11.6. The van der Waals surface area contributed by atoms with E-state index in [0.717, 1.165) is 0 Å². The molecule has 16 heavy (non-hydrogen) atoms. The summed E-state index contributed by atoms with van der Waals surface area (Å²) in [5.41, 5.74) is 6.41. The Balaban J connectivity index is 2.61. The third kappa shape index (κ3) is 3.30. The predicted octanol–water partition coefficient (Wildman–Crippen LogP) is -0.844. The van der Waals surface area contributed by atoms with Gasteiger partial charge in [0, 0.05) is 0 Å². The molecular formula is C11H16N2O3. The zero-order valence-corrected chi connectivity index (χ0v) is 8.84. The summed E-state index contributed by atoms with van der Waals surface area (Å²) in [5, 5.41) is 20.1. The molecule has 0 spiro atoms. The minimum atomic E-state index is -0.790. The van der Waals surface area contributed by atoms with Crippen LogP contribution in [-0.4, -0.2) is 35.4 Å². The fourth-order valence-electron chi connectivity index (χ4n) is 1.25. The third-order valence-electron chi connectivity index (χ3n) is 2.23. The van der Waals surface area contributed by atoms with Crippen LogP contribution in [-0.2, 0) is 4.79 Å². The summed E-state index contributed by atoms with van der Waals surface area (Å²) in [6.07, 6.45) is 0. The van der Waals surface area contributed by atoms with Gasteiger partial charge in [-0.25, -0.2) is 0 Å². The van der Waals surface area contributed by atoms with Crippen LogP contribution in [0.3, 0.4) is 0 Å². The molecule has 0 radical (unpaired) electrons. The van der Waals surface area contributed by atoms with Crippen LogP contribution in [0.4, 0.5) is 0 Å². The monoisotopic (exact) mass is 224 g/mol. The summed E-state index contributed by atoms with van der Waals surface area (Å²) < 4.78 is 0. The molecule has 0 aliphatic rings. The van der Waals surface area contributed by atoms with Crippen molar-refractivity contribution in [2.75, 3.05) is 13.2 Å². The van der Waals surface area contributed by atoms with Crippen molar-refractivity contribution in [3.63, 3.8) is 0 Å². The molecular weight excluding hydrogens is 208 g/mol. The lowest BCUT2D eigenvalue weighted by Crippen LogP contribution is -2.44. The molecule has 1 unspecified atom stereocenters. The third-order valence-corrected chi connectivity index (χ3v) is 2.23. The first-order valence-corrected chi connectivity index (χ1v) is 5.01. The number of rotatable bonds is 5. The van der Waals surface area contributed by atoms with Crippen molar-refractivity contribution in [1.82, 2.24) is 5.32 Å². The molecule has 0 aromatic heterocycles. The Labute approximate surface area is 93.9 Å². The van der Waals surface area contributed by atoms with Crippen molar-refractivity contribution in [3.8, 4) is 0 Å². The molecule has 5 nitrogen and oxygen atoms in total. The Morgan fingerprint density at radius 2 is 1.81 bits per heavy atom. The minimum absolute atomic E-state index is 0.316. The number of aliphatic hydroxyl groups is 2. The minimum Gasteiger partial charge on any atom is -0.394 e. The Morgan fingerprint density at radius 3 is 2.31 bits per heavy atom. The highest BCUT2D eigenvalue weighted by Gasteiger charge is 2.18. The van der Waals surface area contributed by atoms with Crippen LogP contribution < -0.4 is 11.1 Å². The molecule has 1 amide bonds. The summed E-state index contributed by atoms with van der Waals surface area (Å²) >= 11 is 0. The van der Waals surface area contributed by atoms with Crippen LogP contribution in [0.1, 0.15) is 11.6 Å². The van der Waals surface area contributed by atoms with E-state index >= 15 is 0 Å². The number of carbonyl (C=O) groups excluding carboxylic acids is 1. The van der Waals surface area contributed by atoms with E-state index in [1.807, 2.05) is 6.07 Å². The maximum absolute atomic E-state index is 11.6. The maximum atomic E-state index is 11.6. The average molecular weight is 224 g/mol. The molecule has 0 saturated heterocycles. The summed E-state index contributed by atoms with van der Waals surface area (Å²) in [6.45, 7) is -0.631. The van der Waals surface area contributed by atoms with Crippen molar-refractivity contribution in [1.29, 1.82) is 0 Å². The number of amides is 1. The van der Waals surface area contributed by atoms with Crippen molar-refractivity contribution in [2.45, 2.75) is 12.1 Å². The molecule has 1 rings (SSSR count). The summed E-state index contributed by atoms with van der Waals surface area (Å²) in [6, 6.07) is 7.45. The van der Waals surface area contributed by atoms with Gasteiger partial charge < -0.3 is 21.3 Å². The second-order valence-corrected chi connectivity index (χ2v) is 3.46. The Hall–Kier alpha value is -1.43. The van der Waals surface area contributed by atoms with Crippen molar-refractivity contribution < 1.29 is 15.0 Å². The quantitative estimate of drug-likeness (QED) is 0.524. The standard InChI is InChI=1S/C11H16N2O3/c12-10(8-4-2-1-3-5-8)11(16)13-9(6-14)7-15/h1-5,9-10,14-15H,6-7,12H2,(H,13,16). The van der Waals surface area contributed by atoms with E-state index < -0.39 is 18.0 Å². The fourth-order valence-corrected chi connectivity index (χ4v) is 1.25. The van der Waals surface area contributed by atoms with Gasteiger partial charge in [-0.3, -0.25) is 4.79 Å². The first-order valence-electron chi connectivity index (χ1n) is 5.01. The second-order valence-electron chi connectivity index (χ2n) is 3.46. The number of hydrogen-bond donors (Lipinski definition) is 4. The molecule has 0 aliphatic heterocycles. The molecule has 1 aromatic carbocycles. The van der Waals surface area contributed by atoms with E-state index in [4.69, 9.17) is 15.9 Å². The highest BCUT2D eigenvalue weighted by molar-refractivity contribution is 5.83. The molecule has 0 aliphatic carbocycles. The lowest BCUT2D eigenvalue weighted by atomic mass is 10.1. The number of carbonyl (C=O) groups is 1. The van der Waals surface area contributed by atoms with Crippen LogP contribution in [0, 0.1) is 0 Å². The van der Waals surface area contributed by atoms with E-state index in [2.05, 4.69) is 5.32 Å². The van der Waals surface area contributed by atoms with Crippen LogP contribution >= 0.6 is 0 Å². The SMILES string of the molecule is NC(C(=O)NC(CO)CO)c1ccccc1. The molecule has 88 valence electrons. The summed E-state index contributed by atoms with van der Waals surface area (Å²) in [5.74, 6) is -0.417. The van der Waals surface area contributed by atoms with Crippen LogP contribution in [0.5, 0.6) is 0 Å². The molecule has 5 heteroatoms. The lowest BCUT2D eigenvalue weighted by molar-refractivity contribution is -0.123. The molecule has 1 aromatic rings. The fraction of sp³-hybridized carbons (Fsp3) is 0.364. The van der Waals surface area contributed by atoms with Crippen molar-refractivity contribution in [2.24, 2.45) is 5.73 Å². The van der Waals surface area contributed by atoms with Crippen LogP contribution in [0.25, 0.3) is 0 Å². The van der Waals surface area contributed by atoms with E-state index in [9.17, 15) is 4.79 Å². The van der Waals surface area contributed by atoms with E-state index in [1.165, 1.54) is 0 Å². The first-order chi connectivity index (χ1) is 7.69. The maximum Gasteiger partial charge on any atom is 0.241 e. The lowest BCUT2D eigenvalue weighted by Gasteiger charge is -2.17. The number of nitrogens with two attached hydrogens (primary N) is 1. The van der Waals surface area contributed by atoms with E-state index in [-0.39, 0.29) is 13.2 Å². The smallest absolute Gasteiger partial charge is 0.241 e.